The van der Waals surface area contributed by atoms with Gasteiger partial charge in [0.25, 0.3) is 0 Å². The summed E-state index contributed by atoms with van der Waals surface area (Å²) in [7, 11) is 1.31. The minimum absolute atomic E-state index is 0. The summed E-state index contributed by atoms with van der Waals surface area (Å²) in [5, 5.41) is 10.1. The van der Waals surface area contributed by atoms with E-state index in [1.54, 1.807) is 44.2 Å². The summed E-state index contributed by atoms with van der Waals surface area (Å²) in [4.78, 5) is 22.5. The zero-order valence-corrected chi connectivity index (χ0v) is 19.3. The van der Waals surface area contributed by atoms with Crippen molar-refractivity contribution in [3.05, 3.63) is 68.9 Å². The van der Waals surface area contributed by atoms with Gasteiger partial charge in [0, 0.05) is 0 Å². The molecule has 0 saturated heterocycles. The van der Waals surface area contributed by atoms with Crippen LogP contribution in [0.3, 0.4) is 0 Å². The summed E-state index contributed by atoms with van der Waals surface area (Å²) in [5.41, 5.74) is 1.12. The van der Waals surface area contributed by atoms with Crippen LogP contribution in [0.4, 0.5) is 8.78 Å². The first-order valence-corrected chi connectivity index (χ1v) is 10.0. The molecule has 2 aromatic carbocycles. The number of hydrogen-bond donors (Lipinski definition) is 1. The quantitative estimate of drug-likeness (QED) is 0.351. The molecule has 4 aromatic rings. The molecular formula is C21H19F2LiO6S2. The number of halogens is 2. The molecule has 0 unspecified atom stereocenters. The monoisotopic (exact) mass is 476 g/mol. The number of carbonyl (C=O) groups is 2. The number of esters is 1. The summed E-state index contributed by atoms with van der Waals surface area (Å²) >= 11 is 2.09. The number of aryl methyl sites for hydroxylation is 2. The number of rotatable bonds is 2. The number of benzene rings is 2. The van der Waals surface area contributed by atoms with Crippen LogP contribution < -0.4 is 18.9 Å². The van der Waals surface area contributed by atoms with Gasteiger partial charge in [-0.05, 0) is 47.9 Å². The zero-order chi connectivity index (χ0) is 21.3. The molecule has 0 amide bonds. The van der Waals surface area contributed by atoms with E-state index in [0.29, 0.717) is 30.8 Å². The van der Waals surface area contributed by atoms with Crippen molar-refractivity contribution in [1.29, 1.82) is 0 Å². The molecular weight excluding hydrogens is 457 g/mol. The van der Waals surface area contributed by atoms with E-state index >= 15 is 0 Å². The van der Waals surface area contributed by atoms with Gasteiger partial charge in [0.1, 0.15) is 21.4 Å². The Morgan fingerprint density at radius 1 is 0.875 bits per heavy atom. The van der Waals surface area contributed by atoms with Gasteiger partial charge in [0.05, 0.1) is 16.5 Å². The largest absolute Gasteiger partial charge is 1.00 e. The van der Waals surface area contributed by atoms with Gasteiger partial charge in [-0.15, -0.1) is 22.7 Å². The maximum absolute atomic E-state index is 13.6. The molecule has 6 nitrogen and oxygen atoms in total. The first kappa shape index (κ1) is 29.7. The number of aromatic carboxylic acids is 1. The first-order valence-electron chi connectivity index (χ1n) is 8.41. The molecule has 0 bridgehead atoms. The average molecular weight is 476 g/mol. The Bertz CT molecular complexity index is 1250. The SMILES string of the molecule is COC(=O)c1cc2ccc(C)c(F)c2s1.Cc1ccc2cc(C(=O)O)sc2c1F.O.[Li+].[OH-]. The molecule has 11 heteroatoms. The minimum atomic E-state index is -1.01. The Balaban J connectivity index is 0.000000550. The third-order valence-corrected chi connectivity index (χ3v) is 6.49. The van der Waals surface area contributed by atoms with Crippen LogP contribution in [-0.4, -0.2) is 35.1 Å². The average Bonchev–Trinajstić information content (AvgIpc) is 3.33. The summed E-state index contributed by atoms with van der Waals surface area (Å²) in [6, 6.07) is 10.0. The van der Waals surface area contributed by atoms with Crippen molar-refractivity contribution in [3.63, 3.8) is 0 Å². The summed E-state index contributed by atoms with van der Waals surface area (Å²) in [6.45, 7) is 3.36. The number of carboxylic acids is 1. The number of carbonyl (C=O) groups excluding carboxylic acids is 1. The predicted octanol–water partition coefficient (Wildman–Crippen LogP) is 2.18. The summed E-state index contributed by atoms with van der Waals surface area (Å²) < 4.78 is 32.6. The molecule has 0 aliphatic rings. The van der Waals surface area contributed by atoms with Gasteiger partial charge >= 0.3 is 30.8 Å². The number of fused-ring (bicyclic) bond motifs is 2. The number of methoxy groups -OCH3 is 1. The van der Waals surface area contributed by atoms with E-state index in [1.807, 2.05) is 0 Å². The van der Waals surface area contributed by atoms with Crippen molar-refractivity contribution in [2.45, 2.75) is 13.8 Å². The fourth-order valence-corrected chi connectivity index (χ4v) is 4.70. The van der Waals surface area contributed by atoms with Crippen molar-refractivity contribution >= 4 is 54.8 Å². The molecule has 2 heterocycles. The van der Waals surface area contributed by atoms with Crippen LogP contribution in [0.15, 0.2) is 36.4 Å². The molecule has 0 aliphatic heterocycles. The zero-order valence-electron chi connectivity index (χ0n) is 17.7. The maximum atomic E-state index is 13.6. The molecule has 4 N–H and O–H groups in total. The fourth-order valence-electron chi connectivity index (χ4n) is 2.64. The van der Waals surface area contributed by atoms with Gasteiger partial charge in [0.15, 0.2) is 0 Å². The third kappa shape index (κ3) is 5.92. The van der Waals surface area contributed by atoms with E-state index in [0.717, 1.165) is 28.1 Å². The molecule has 32 heavy (non-hydrogen) atoms. The van der Waals surface area contributed by atoms with Gasteiger partial charge in [-0.2, -0.15) is 0 Å². The number of carboxylic acid groups (broad SMARTS) is 1. The summed E-state index contributed by atoms with van der Waals surface area (Å²) in [5.74, 6) is -2.01. The van der Waals surface area contributed by atoms with E-state index in [2.05, 4.69) is 4.74 Å². The number of thiophene rings is 2. The number of hydrogen-bond acceptors (Lipinski definition) is 6. The van der Waals surface area contributed by atoms with Crippen LogP contribution in [0, 0.1) is 25.5 Å². The van der Waals surface area contributed by atoms with Gasteiger partial charge in [-0.3, -0.25) is 0 Å². The smallest absolute Gasteiger partial charge is 0.870 e. The predicted molar refractivity (Wildman–Crippen MR) is 117 cm³/mol. The van der Waals surface area contributed by atoms with Gasteiger partial charge in [-0.25, -0.2) is 18.4 Å². The van der Waals surface area contributed by atoms with Gasteiger partial charge in [0.2, 0.25) is 0 Å². The molecule has 4 rings (SSSR count). The first-order chi connectivity index (χ1) is 13.7. The van der Waals surface area contributed by atoms with E-state index in [-0.39, 0.29) is 46.3 Å². The van der Waals surface area contributed by atoms with Crippen LogP contribution in [0.1, 0.15) is 30.5 Å². The van der Waals surface area contributed by atoms with Crippen LogP contribution in [0.2, 0.25) is 0 Å². The maximum Gasteiger partial charge on any atom is 1.00 e. The second kappa shape index (κ2) is 12.1. The Kier molecular flexibility index (Phi) is 11.2. The van der Waals surface area contributed by atoms with Crippen molar-refractivity contribution < 1.29 is 58.0 Å². The van der Waals surface area contributed by atoms with E-state index in [9.17, 15) is 18.4 Å². The second-order valence-corrected chi connectivity index (χ2v) is 8.35. The minimum Gasteiger partial charge on any atom is -0.870 e. The Morgan fingerprint density at radius 3 is 1.69 bits per heavy atom. The molecule has 166 valence electrons. The number of ether oxygens (including phenoxy) is 1. The van der Waals surface area contributed by atoms with E-state index < -0.39 is 11.9 Å². The Morgan fingerprint density at radius 2 is 1.28 bits per heavy atom. The van der Waals surface area contributed by atoms with Crippen LogP contribution in [0.5, 0.6) is 0 Å². The fraction of sp³-hybridized carbons (Fsp3) is 0.143. The molecule has 0 fully saturated rings. The molecule has 0 radical (unpaired) electrons. The van der Waals surface area contributed by atoms with Crippen molar-refractivity contribution in [2.75, 3.05) is 7.11 Å². The molecule has 2 aromatic heterocycles. The van der Waals surface area contributed by atoms with E-state index in [1.165, 1.54) is 13.2 Å². The molecule has 0 atom stereocenters. The normalized spacial score (nSPS) is 9.66. The van der Waals surface area contributed by atoms with E-state index in [4.69, 9.17) is 5.11 Å². The van der Waals surface area contributed by atoms with Crippen molar-refractivity contribution in [3.8, 4) is 0 Å². The molecule has 0 aliphatic carbocycles. The van der Waals surface area contributed by atoms with Crippen molar-refractivity contribution in [2.24, 2.45) is 0 Å². The standard InChI is InChI=1S/C11H9FO2S.C10H7FO2S.Li.2H2O/c1-6-3-4-7-5-8(11(13)14-2)15-10(7)9(6)12;1-5-2-3-6-4-7(10(12)13)14-9(6)8(5)11;;;/h3-5H,1-2H3;2-4H,1H3,(H,12,13);;2*1H2/q;;+1;;/p-1. The van der Waals surface area contributed by atoms with Gasteiger partial charge < -0.3 is 20.8 Å². The van der Waals surface area contributed by atoms with Crippen LogP contribution >= 0.6 is 22.7 Å². The molecule has 0 spiro atoms. The third-order valence-electron chi connectivity index (χ3n) is 4.24. The Hall–Kier alpha value is -2.32. The van der Waals surface area contributed by atoms with Crippen molar-refractivity contribution in [1.82, 2.24) is 0 Å². The van der Waals surface area contributed by atoms with Crippen LogP contribution in [0.25, 0.3) is 20.2 Å². The molecule has 0 saturated carbocycles. The summed E-state index contributed by atoms with van der Waals surface area (Å²) in [6.07, 6.45) is 0. The Labute approximate surface area is 202 Å². The van der Waals surface area contributed by atoms with Crippen LogP contribution in [-0.2, 0) is 4.74 Å². The van der Waals surface area contributed by atoms with Gasteiger partial charge in [-0.1, -0.05) is 24.3 Å². The second-order valence-electron chi connectivity index (χ2n) is 6.25. The topological polar surface area (TPSA) is 125 Å².